The molecule has 186 valence electrons. The smallest absolute Gasteiger partial charge is 0.304 e. The van der Waals surface area contributed by atoms with E-state index in [9.17, 15) is 26.4 Å². The van der Waals surface area contributed by atoms with Crippen molar-refractivity contribution < 1.29 is 36.6 Å². The van der Waals surface area contributed by atoms with Crippen LogP contribution in [0.3, 0.4) is 0 Å². The largest absolute Gasteiger partial charge is 0.481 e. The number of carboxylic acid groups (broad SMARTS) is 2. The van der Waals surface area contributed by atoms with Gasteiger partial charge >= 0.3 is 11.9 Å². The molecule has 14 heteroatoms. The summed E-state index contributed by atoms with van der Waals surface area (Å²) in [5.74, 6) is -2.49. The maximum Gasteiger partial charge on any atom is 0.304 e. The molecule has 0 radical (unpaired) electrons. The Balaban J connectivity index is 2.35. The van der Waals surface area contributed by atoms with Crippen LogP contribution >= 0.6 is 23.2 Å². The van der Waals surface area contributed by atoms with Gasteiger partial charge in [0.2, 0.25) is 20.0 Å². The van der Waals surface area contributed by atoms with Gasteiger partial charge in [0.1, 0.15) is 0 Å². The molecule has 2 aromatic rings. The van der Waals surface area contributed by atoms with Crippen LogP contribution in [0.25, 0.3) is 0 Å². The first-order valence-electron chi connectivity index (χ1n) is 9.79. The minimum absolute atomic E-state index is 0.153. The Labute approximate surface area is 207 Å². The lowest BCUT2D eigenvalue weighted by atomic mass is 10.4. The second-order valence-electron chi connectivity index (χ2n) is 7.00. The molecule has 0 heterocycles. The minimum Gasteiger partial charge on any atom is -0.481 e. The van der Waals surface area contributed by atoms with Gasteiger partial charge in [-0.2, -0.15) is 8.61 Å². The predicted molar refractivity (Wildman–Crippen MR) is 125 cm³/mol. The van der Waals surface area contributed by atoms with Crippen molar-refractivity contribution in [2.24, 2.45) is 0 Å². The Morgan fingerprint density at radius 1 is 0.618 bits per heavy atom. The first kappa shape index (κ1) is 28.0. The molecule has 0 bridgehead atoms. The predicted octanol–water partition coefficient (Wildman–Crippen LogP) is 2.62. The molecule has 0 aliphatic heterocycles. The van der Waals surface area contributed by atoms with Gasteiger partial charge in [-0.25, -0.2) is 16.8 Å². The van der Waals surface area contributed by atoms with Gasteiger partial charge in [-0.1, -0.05) is 23.2 Å². The zero-order valence-corrected chi connectivity index (χ0v) is 20.8. The highest BCUT2D eigenvalue weighted by Crippen LogP contribution is 2.21. The van der Waals surface area contributed by atoms with Gasteiger partial charge in [0.05, 0.1) is 22.6 Å². The maximum absolute atomic E-state index is 13.1. The van der Waals surface area contributed by atoms with Crippen LogP contribution < -0.4 is 0 Å². The van der Waals surface area contributed by atoms with E-state index in [0.29, 0.717) is 10.0 Å². The fourth-order valence-electron chi connectivity index (χ4n) is 2.88. The van der Waals surface area contributed by atoms with Gasteiger partial charge in [-0.15, -0.1) is 0 Å². The van der Waals surface area contributed by atoms with E-state index in [2.05, 4.69) is 0 Å². The van der Waals surface area contributed by atoms with Gasteiger partial charge in [0.15, 0.2) is 0 Å². The normalized spacial score (nSPS) is 12.2. The summed E-state index contributed by atoms with van der Waals surface area (Å²) in [4.78, 5) is 21.9. The van der Waals surface area contributed by atoms with Crippen LogP contribution in [0.5, 0.6) is 0 Å². The fourth-order valence-corrected chi connectivity index (χ4v) is 5.99. The number of halogens is 2. The number of aliphatic carboxylic acids is 2. The number of hydrogen-bond donors (Lipinski definition) is 2. The van der Waals surface area contributed by atoms with Crippen molar-refractivity contribution in [3.63, 3.8) is 0 Å². The number of rotatable bonds is 13. The van der Waals surface area contributed by atoms with Crippen molar-refractivity contribution in [2.45, 2.75) is 22.6 Å². The third-order valence-corrected chi connectivity index (χ3v) is 8.98. The Bertz CT molecular complexity index is 1120. The molecule has 0 aromatic heterocycles. The minimum atomic E-state index is -4.20. The lowest BCUT2D eigenvalue weighted by molar-refractivity contribution is -0.138. The topological polar surface area (TPSA) is 149 Å². The standard InChI is InChI=1S/C20H22Cl2N2O8S2/c21-15-1-5-17(6-2-15)33(29,30)23(11-9-19(25)26)13-14-24(12-10-20(27)28)34(31,32)18-7-3-16(22)4-8-18/h1-8H,9-14H2,(H,25,26)(H,27,28). The lowest BCUT2D eigenvalue weighted by Gasteiger charge is -2.26. The van der Waals surface area contributed by atoms with Gasteiger partial charge in [0, 0.05) is 36.2 Å². The third-order valence-electron chi connectivity index (χ3n) is 4.65. The molecule has 0 atom stereocenters. The first-order valence-corrected chi connectivity index (χ1v) is 13.4. The Morgan fingerprint density at radius 2 is 0.912 bits per heavy atom. The second kappa shape index (κ2) is 12.0. The monoisotopic (exact) mass is 552 g/mol. The molecular formula is C20H22Cl2N2O8S2. The zero-order chi connectivity index (χ0) is 25.5. The van der Waals surface area contributed by atoms with Crippen molar-refractivity contribution in [3.05, 3.63) is 58.6 Å². The van der Waals surface area contributed by atoms with E-state index in [4.69, 9.17) is 33.4 Å². The van der Waals surface area contributed by atoms with Crippen molar-refractivity contribution in [2.75, 3.05) is 26.2 Å². The molecule has 0 fully saturated rings. The van der Waals surface area contributed by atoms with Gasteiger partial charge in [0.25, 0.3) is 0 Å². The van der Waals surface area contributed by atoms with Crippen LogP contribution in [0.4, 0.5) is 0 Å². The molecule has 0 saturated heterocycles. The van der Waals surface area contributed by atoms with Crippen LogP contribution in [0, 0.1) is 0 Å². The van der Waals surface area contributed by atoms with Crippen LogP contribution in [-0.4, -0.2) is 73.8 Å². The lowest BCUT2D eigenvalue weighted by Crippen LogP contribution is -2.42. The van der Waals surface area contributed by atoms with E-state index >= 15 is 0 Å². The van der Waals surface area contributed by atoms with Crippen LogP contribution in [0.1, 0.15) is 12.8 Å². The molecule has 0 aliphatic rings. The van der Waals surface area contributed by atoms with Gasteiger partial charge in [-0.3, -0.25) is 9.59 Å². The second-order valence-corrected chi connectivity index (χ2v) is 11.8. The Kier molecular flexibility index (Phi) is 9.85. The van der Waals surface area contributed by atoms with E-state index in [1.807, 2.05) is 0 Å². The number of sulfonamides is 2. The molecular weight excluding hydrogens is 531 g/mol. The molecule has 0 spiro atoms. The Morgan fingerprint density at radius 3 is 1.18 bits per heavy atom. The third kappa shape index (κ3) is 7.65. The van der Waals surface area contributed by atoms with E-state index in [1.54, 1.807) is 0 Å². The Hall–Kier alpha value is -2.22. The number of carboxylic acids is 2. The summed E-state index contributed by atoms with van der Waals surface area (Å²) in [5, 5.41) is 18.7. The molecule has 10 nitrogen and oxygen atoms in total. The molecule has 0 unspecified atom stereocenters. The summed E-state index contributed by atoms with van der Waals surface area (Å²) in [6.07, 6.45) is -1.04. The molecule has 34 heavy (non-hydrogen) atoms. The highest BCUT2D eigenvalue weighted by atomic mass is 35.5. The maximum atomic E-state index is 13.1. The summed E-state index contributed by atoms with van der Waals surface area (Å²) in [7, 11) is -8.40. The van der Waals surface area contributed by atoms with Crippen LogP contribution in [0.15, 0.2) is 58.3 Å². The summed E-state index contributed by atoms with van der Waals surface area (Å²) < 4.78 is 54.1. The van der Waals surface area contributed by atoms with E-state index in [1.165, 1.54) is 48.5 Å². The summed E-state index contributed by atoms with van der Waals surface area (Å²) in [6.45, 7) is -1.67. The van der Waals surface area contributed by atoms with Gasteiger partial charge < -0.3 is 10.2 Å². The molecule has 2 N–H and O–H groups in total. The average Bonchev–Trinajstić information content (AvgIpc) is 2.75. The summed E-state index contributed by atoms with van der Waals surface area (Å²) >= 11 is 11.6. The van der Waals surface area contributed by atoms with E-state index < -0.39 is 71.0 Å². The SMILES string of the molecule is O=C(O)CCN(CCN(CCC(=O)O)S(=O)(=O)c1ccc(Cl)cc1)S(=O)(=O)c1ccc(Cl)cc1. The average molecular weight is 553 g/mol. The highest BCUT2D eigenvalue weighted by molar-refractivity contribution is 7.89. The van der Waals surface area contributed by atoms with E-state index in [-0.39, 0.29) is 9.79 Å². The van der Waals surface area contributed by atoms with Crippen molar-refractivity contribution in [3.8, 4) is 0 Å². The molecule has 2 rings (SSSR count). The van der Waals surface area contributed by atoms with Crippen LogP contribution in [-0.2, 0) is 29.6 Å². The van der Waals surface area contributed by atoms with Crippen LogP contribution in [0.2, 0.25) is 10.0 Å². The first-order chi connectivity index (χ1) is 15.8. The van der Waals surface area contributed by atoms with Crippen molar-refractivity contribution in [1.82, 2.24) is 8.61 Å². The molecule has 0 amide bonds. The number of benzene rings is 2. The number of carbonyl (C=O) groups is 2. The van der Waals surface area contributed by atoms with E-state index in [0.717, 1.165) is 8.61 Å². The molecule has 0 saturated carbocycles. The highest BCUT2D eigenvalue weighted by Gasteiger charge is 2.29. The number of hydrogen-bond acceptors (Lipinski definition) is 6. The zero-order valence-electron chi connectivity index (χ0n) is 17.7. The number of nitrogens with zero attached hydrogens (tertiary/aromatic N) is 2. The van der Waals surface area contributed by atoms with Gasteiger partial charge in [-0.05, 0) is 48.5 Å². The summed E-state index contributed by atoms with van der Waals surface area (Å²) in [5.41, 5.74) is 0. The van der Waals surface area contributed by atoms with Crippen molar-refractivity contribution >= 4 is 55.2 Å². The van der Waals surface area contributed by atoms with Crippen molar-refractivity contribution in [1.29, 1.82) is 0 Å². The quantitative estimate of drug-likeness (QED) is 0.385. The fraction of sp³-hybridized carbons (Fsp3) is 0.300. The summed E-state index contributed by atoms with van der Waals surface area (Å²) in [6, 6.07) is 10.4. The molecule has 2 aromatic carbocycles. The molecule has 0 aliphatic carbocycles.